The minimum Gasteiger partial charge on any atom is -0.382 e. The highest BCUT2D eigenvalue weighted by molar-refractivity contribution is 5.62. The van der Waals surface area contributed by atoms with E-state index in [0.29, 0.717) is 6.04 Å². The monoisotopic (exact) mass is 273 g/mol. The maximum Gasteiger partial charge on any atom is 0.0376 e. The highest BCUT2D eigenvalue weighted by Gasteiger charge is 2.21. The van der Waals surface area contributed by atoms with Gasteiger partial charge in [-0.3, -0.25) is 0 Å². The molecule has 1 fully saturated rings. The molecule has 2 aliphatic rings. The fourth-order valence-electron chi connectivity index (χ4n) is 3.54. The third-order valence-electron chi connectivity index (χ3n) is 4.80. The lowest BCUT2D eigenvalue weighted by atomic mass is 9.98. The van der Waals surface area contributed by atoms with E-state index in [1.54, 1.807) is 0 Å². The summed E-state index contributed by atoms with van der Waals surface area (Å²) in [6, 6.07) is 7.52. The first-order valence-corrected chi connectivity index (χ1v) is 7.91. The maximum atomic E-state index is 3.58. The summed E-state index contributed by atoms with van der Waals surface area (Å²) in [6.45, 7) is 5.94. The highest BCUT2D eigenvalue weighted by atomic mass is 15.2. The Labute approximate surface area is 123 Å². The van der Waals surface area contributed by atoms with Crippen LogP contribution in [0.5, 0.6) is 0 Å². The van der Waals surface area contributed by atoms with Crippen LogP contribution in [0, 0.1) is 5.92 Å². The SMILES string of the molecule is CC1CCc2cc(N(C)CC3CCN(C)C3)ccc2N1. The number of benzene rings is 1. The lowest BCUT2D eigenvalue weighted by molar-refractivity contribution is 0.396. The van der Waals surface area contributed by atoms with Gasteiger partial charge >= 0.3 is 0 Å². The standard InChI is InChI=1S/C17H27N3/c1-13-4-5-15-10-16(6-7-17(15)18-13)20(3)12-14-8-9-19(2)11-14/h6-7,10,13-14,18H,4-5,8-9,11-12H2,1-3H3. The van der Waals surface area contributed by atoms with Gasteiger partial charge in [0.25, 0.3) is 0 Å². The summed E-state index contributed by atoms with van der Waals surface area (Å²) < 4.78 is 0. The molecule has 2 heterocycles. The van der Waals surface area contributed by atoms with Crippen molar-refractivity contribution in [2.75, 3.05) is 43.9 Å². The third kappa shape index (κ3) is 2.93. The molecule has 3 rings (SSSR count). The summed E-state index contributed by atoms with van der Waals surface area (Å²) in [5.74, 6) is 0.819. The van der Waals surface area contributed by atoms with Crippen LogP contribution in [0.4, 0.5) is 11.4 Å². The van der Waals surface area contributed by atoms with Gasteiger partial charge in [-0.25, -0.2) is 0 Å². The molecule has 110 valence electrons. The number of nitrogens with zero attached hydrogens (tertiary/aromatic N) is 2. The molecule has 1 aromatic rings. The van der Waals surface area contributed by atoms with E-state index >= 15 is 0 Å². The van der Waals surface area contributed by atoms with Crippen molar-refractivity contribution in [2.24, 2.45) is 5.92 Å². The van der Waals surface area contributed by atoms with E-state index in [1.807, 2.05) is 0 Å². The van der Waals surface area contributed by atoms with Gasteiger partial charge in [0.2, 0.25) is 0 Å². The largest absolute Gasteiger partial charge is 0.382 e. The zero-order chi connectivity index (χ0) is 14.1. The second kappa shape index (κ2) is 5.65. The van der Waals surface area contributed by atoms with Crippen LogP contribution in [-0.4, -0.2) is 44.7 Å². The summed E-state index contributed by atoms with van der Waals surface area (Å²) in [4.78, 5) is 4.87. The quantitative estimate of drug-likeness (QED) is 0.913. The molecular weight excluding hydrogens is 246 g/mol. The molecule has 0 saturated carbocycles. The number of nitrogens with one attached hydrogen (secondary N) is 1. The molecule has 20 heavy (non-hydrogen) atoms. The van der Waals surface area contributed by atoms with E-state index in [0.717, 1.165) is 5.92 Å². The number of likely N-dealkylation sites (tertiary alicyclic amines) is 1. The molecule has 2 aliphatic heterocycles. The molecule has 2 atom stereocenters. The average Bonchev–Trinajstić information content (AvgIpc) is 2.83. The Hall–Kier alpha value is -1.22. The van der Waals surface area contributed by atoms with Crippen LogP contribution in [0.25, 0.3) is 0 Å². The van der Waals surface area contributed by atoms with Gasteiger partial charge in [-0.05, 0) is 69.5 Å². The molecule has 0 spiro atoms. The number of fused-ring (bicyclic) bond motifs is 1. The molecule has 3 heteroatoms. The molecular formula is C17H27N3. The van der Waals surface area contributed by atoms with Crippen molar-refractivity contribution in [2.45, 2.75) is 32.2 Å². The van der Waals surface area contributed by atoms with Crippen LogP contribution in [-0.2, 0) is 6.42 Å². The van der Waals surface area contributed by atoms with Crippen molar-refractivity contribution in [1.29, 1.82) is 0 Å². The summed E-state index contributed by atoms with van der Waals surface area (Å²) in [6.07, 6.45) is 3.79. The van der Waals surface area contributed by atoms with Crippen LogP contribution in [0.3, 0.4) is 0 Å². The van der Waals surface area contributed by atoms with Crippen LogP contribution < -0.4 is 10.2 Å². The van der Waals surface area contributed by atoms with Crippen molar-refractivity contribution in [3.8, 4) is 0 Å². The molecule has 0 radical (unpaired) electrons. The Balaban J connectivity index is 1.67. The van der Waals surface area contributed by atoms with E-state index in [-0.39, 0.29) is 0 Å². The number of aryl methyl sites for hydroxylation is 1. The van der Waals surface area contributed by atoms with E-state index in [4.69, 9.17) is 0 Å². The smallest absolute Gasteiger partial charge is 0.0376 e. The highest BCUT2D eigenvalue weighted by Crippen LogP contribution is 2.29. The topological polar surface area (TPSA) is 18.5 Å². The maximum absolute atomic E-state index is 3.58. The van der Waals surface area contributed by atoms with Crippen molar-refractivity contribution < 1.29 is 0 Å². The van der Waals surface area contributed by atoms with Gasteiger partial charge in [0.15, 0.2) is 0 Å². The Morgan fingerprint density at radius 2 is 2.20 bits per heavy atom. The first kappa shape index (κ1) is 13.7. The minimum absolute atomic E-state index is 0.611. The molecule has 0 amide bonds. The first-order valence-electron chi connectivity index (χ1n) is 7.91. The van der Waals surface area contributed by atoms with E-state index in [2.05, 4.69) is 54.3 Å². The molecule has 0 aliphatic carbocycles. The zero-order valence-corrected chi connectivity index (χ0v) is 13.0. The molecule has 2 unspecified atom stereocenters. The molecule has 1 N–H and O–H groups in total. The predicted molar refractivity (Wildman–Crippen MR) is 86.7 cm³/mol. The Morgan fingerprint density at radius 1 is 1.35 bits per heavy atom. The lowest BCUT2D eigenvalue weighted by Crippen LogP contribution is -2.28. The normalized spacial score (nSPS) is 26.1. The third-order valence-corrected chi connectivity index (χ3v) is 4.80. The average molecular weight is 273 g/mol. The lowest BCUT2D eigenvalue weighted by Gasteiger charge is -2.28. The molecule has 0 aromatic heterocycles. The summed E-state index contributed by atoms with van der Waals surface area (Å²) in [7, 11) is 4.46. The molecule has 3 nitrogen and oxygen atoms in total. The summed E-state index contributed by atoms with van der Waals surface area (Å²) in [5.41, 5.74) is 4.19. The fourth-order valence-corrected chi connectivity index (χ4v) is 3.54. The zero-order valence-electron chi connectivity index (χ0n) is 13.0. The van der Waals surface area contributed by atoms with Crippen molar-refractivity contribution >= 4 is 11.4 Å². The van der Waals surface area contributed by atoms with Crippen LogP contribution in [0.2, 0.25) is 0 Å². The first-order chi connectivity index (χ1) is 9.61. The predicted octanol–water partition coefficient (Wildman–Crippen LogP) is 2.82. The van der Waals surface area contributed by atoms with Gasteiger partial charge in [0.05, 0.1) is 0 Å². The van der Waals surface area contributed by atoms with Gasteiger partial charge in [0.1, 0.15) is 0 Å². The van der Waals surface area contributed by atoms with Crippen LogP contribution in [0.1, 0.15) is 25.3 Å². The van der Waals surface area contributed by atoms with Gasteiger partial charge in [-0.15, -0.1) is 0 Å². The van der Waals surface area contributed by atoms with E-state index < -0.39 is 0 Å². The van der Waals surface area contributed by atoms with E-state index in [1.165, 1.54) is 55.8 Å². The Kier molecular flexibility index (Phi) is 3.88. The molecule has 0 bridgehead atoms. The van der Waals surface area contributed by atoms with Gasteiger partial charge in [0, 0.05) is 37.6 Å². The second-order valence-electron chi connectivity index (χ2n) is 6.72. The summed E-state index contributed by atoms with van der Waals surface area (Å²) >= 11 is 0. The van der Waals surface area contributed by atoms with Gasteiger partial charge in [-0.1, -0.05) is 0 Å². The minimum atomic E-state index is 0.611. The Bertz CT molecular complexity index is 471. The van der Waals surface area contributed by atoms with Gasteiger partial charge < -0.3 is 15.1 Å². The van der Waals surface area contributed by atoms with Crippen LogP contribution >= 0.6 is 0 Å². The number of hydrogen-bond acceptors (Lipinski definition) is 3. The van der Waals surface area contributed by atoms with Crippen molar-refractivity contribution in [3.05, 3.63) is 23.8 Å². The van der Waals surface area contributed by atoms with Crippen LogP contribution in [0.15, 0.2) is 18.2 Å². The van der Waals surface area contributed by atoms with Crippen molar-refractivity contribution in [1.82, 2.24) is 4.90 Å². The molecule has 1 aromatic carbocycles. The molecule has 1 saturated heterocycles. The number of anilines is 2. The number of hydrogen-bond donors (Lipinski definition) is 1. The Morgan fingerprint density at radius 3 is 2.95 bits per heavy atom. The second-order valence-corrected chi connectivity index (χ2v) is 6.72. The van der Waals surface area contributed by atoms with Crippen molar-refractivity contribution in [3.63, 3.8) is 0 Å². The summed E-state index contributed by atoms with van der Waals surface area (Å²) in [5, 5.41) is 3.58. The number of rotatable bonds is 3. The fraction of sp³-hybridized carbons (Fsp3) is 0.647. The van der Waals surface area contributed by atoms with Gasteiger partial charge in [-0.2, -0.15) is 0 Å². The van der Waals surface area contributed by atoms with E-state index in [9.17, 15) is 0 Å².